The Labute approximate surface area is 174 Å². The third kappa shape index (κ3) is 5.86. The van der Waals surface area contributed by atoms with Gasteiger partial charge in [-0.05, 0) is 48.8 Å². The first-order chi connectivity index (χ1) is 12.8. The fourth-order valence-electron chi connectivity index (χ4n) is 2.42. The molecule has 0 aliphatic carbocycles. The van der Waals surface area contributed by atoms with E-state index in [9.17, 15) is 13.2 Å². The van der Waals surface area contributed by atoms with E-state index in [1.807, 2.05) is 24.5 Å². The van der Waals surface area contributed by atoms with Gasteiger partial charge in [-0.2, -0.15) is 16.5 Å². The number of likely N-dealkylation sites (N-methyl/N-ethyl adjacent to an activating group) is 1. The summed E-state index contributed by atoms with van der Waals surface area (Å²) in [4.78, 5) is 14.2. The maximum absolute atomic E-state index is 12.9. The Kier molecular flexibility index (Phi) is 8.00. The van der Waals surface area contributed by atoms with Crippen molar-refractivity contribution >= 4 is 56.6 Å². The molecule has 0 aromatic heterocycles. The van der Waals surface area contributed by atoms with Gasteiger partial charge in [0.05, 0.1) is 5.02 Å². The Morgan fingerprint density at radius 3 is 2.48 bits per heavy atom. The molecule has 1 amide bonds. The van der Waals surface area contributed by atoms with Crippen molar-refractivity contribution in [2.24, 2.45) is 0 Å². The van der Waals surface area contributed by atoms with Gasteiger partial charge < -0.3 is 4.90 Å². The second-order valence-electron chi connectivity index (χ2n) is 5.76. The minimum absolute atomic E-state index is 0.0411. The minimum Gasteiger partial charge on any atom is -0.314 e. The number of sulfonamides is 1. The largest absolute Gasteiger partial charge is 0.314 e. The van der Waals surface area contributed by atoms with Crippen LogP contribution in [-0.2, 0) is 14.8 Å². The lowest BCUT2D eigenvalue weighted by Gasteiger charge is -2.24. The van der Waals surface area contributed by atoms with Crippen molar-refractivity contribution in [3.8, 4) is 0 Å². The highest BCUT2D eigenvalue weighted by Gasteiger charge is 2.29. The number of nitrogens with one attached hydrogen (secondary N) is 1. The molecular weight excluding hydrogens is 427 g/mol. The van der Waals surface area contributed by atoms with Gasteiger partial charge in [0.2, 0.25) is 15.9 Å². The molecule has 2 rings (SSSR count). The molecule has 2 aromatic rings. The minimum atomic E-state index is -4.03. The van der Waals surface area contributed by atoms with Crippen LogP contribution in [0, 0.1) is 0 Å². The molecule has 2 aromatic carbocycles. The fourth-order valence-corrected chi connectivity index (χ4v) is 4.87. The van der Waals surface area contributed by atoms with Gasteiger partial charge in [-0.1, -0.05) is 41.4 Å². The van der Waals surface area contributed by atoms with Crippen LogP contribution in [0.5, 0.6) is 0 Å². The molecule has 0 unspecified atom stereocenters. The van der Waals surface area contributed by atoms with Crippen LogP contribution < -0.4 is 9.62 Å². The first kappa shape index (κ1) is 22.0. The van der Waals surface area contributed by atoms with E-state index in [0.717, 1.165) is 0 Å². The van der Waals surface area contributed by atoms with Crippen molar-refractivity contribution in [1.82, 2.24) is 4.72 Å². The van der Waals surface area contributed by atoms with Crippen LogP contribution in [0.1, 0.15) is 6.42 Å². The van der Waals surface area contributed by atoms with Crippen LogP contribution in [-0.4, -0.2) is 39.4 Å². The summed E-state index contributed by atoms with van der Waals surface area (Å²) in [5.41, 5.74) is 0.677. The number of para-hydroxylation sites is 1. The second-order valence-corrected chi connectivity index (χ2v) is 9.27. The van der Waals surface area contributed by atoms with E-state index in [1.165, 1.54) is 34.9 Å². The zero-order valence-corrected chi connectivity index (χ0v) is 18.0. The predicted molar refractivity (Wildman–Crippen MR) is 113 cm³/mol. The van der Waals surface area contributed by atoms with E-state index in [2.05, 4.69) is 4.72 Å². The average Bonchev–Trinajstić information content (AvgIpc) is 2.66. The van der Waals surface area contributed by atoms with Crippen molar-refractivity contribution in [2.75, 3.05) is 24.0 Å². The number of nitrogens with zero attached hydrogens (tertiary/aromatic N) is 1. The molecule has 0 heterocycles. The Morgan fingerprint density at radius 2 is 1.85 bits per heavy atom. The molecule has 0 radical (unpaired) electrons. The first-order valence-corrected chi connectivity index (χ1v) is 11.7. The van der Waals surface area contributed by atoms with E-state index in [4.69, 9.17) is 23.2 Å². The maximum atomic E-state index is 12.9. The molecule has 1 N–H and O–H groups in total. The number of anilines is 1. The molecule has 0 aliphatic rings. The summed E-state index contributed by atoms with van der Waals surface area (Å²) in [5.74, 6) is 0.266. The van der Waals surface area contributed by atoms with E-state index in [1.54, 1.807) is 19.2 Å². The van der Waals surface area contributed by atoms with Gasteiger partial charge in [-0.15, -0.1) is 0 Å². The monoisotopic (exact) mass is 446 g/mol. The van der Waals surface area contributed by atoms with Gasteiger partial charge in [-0.25, -0.2) is 8.42 Å². The van der Waals surface area contributed by atoms with Gasteiger partial charge in [0.1, 0.15) is 10.9 Å². The van der Waals surface area contributed by atoms with Crippen molar-refractivity contribution in [3.63, 3.8) is 0 Å². The fraction of sp³-hybridized carbons (Fsp3) is 0.278. The van der Waals surface area contributed by atoms with Crippen molar-refractivity contribution in [3.05, 3.63) is 58.6 Å². The van der Waals surface area contributed by atoms with E-state index >= 15 is 0 Å². The zero-order chi connectivity index (χ0) is 20.0. The van der Waals surface area contributed by atoms with E-state index in [-0.39, 0.29) is 20.8 Å². The lowest BCUT2D eigenvalue weighted by Crippen LogP contribution is -2.47. The second kappa shape index (κ2) is 9.80. The van der Waals surface area contributed by atoms with Crippen LogP contribution in [0.25, 0.3) is 0 Å². The standard InChI is InChI=1S/C18H20Cl2N2O3S2/c1-22(14-6-4-3-5-7-14)18(23)16(10-11-26-2)21-27(24,25)17-12-13(19)8-9-15(17)20/h3-9,12,16,21H,10-11H2,1-2H3/t16-/m0/s1. The molecule has 0 fully saturated rings. The quantitative estimate of drug-likeness (QED) is 0.663. The van der Waals surface area contributed by atoms with Gasteiger partial charge in [0.15, 0.2) is 0 Å². The van der Waals surface area contributed by atoms with Crippen LogP contribution in [0.3, 0.4) is 0 Å². The Bertz CT molecular complexity index is 893. The summed E-state index contributed by atoms with van der Waals surface area (Å²) in [6, 6.07) is 12.3. The number of hydrogen-bond acceptors (Lipinski definition) is 4. The molecule has 0 saturated carbocycles. The lowest BCUT2D eigenvalue weighted by molar-refractivity contribution is -0.119. The topological polar surface area (TPSA) is 66.5 Å². The molecule has 27 heavy (non-hydrogen) atoms. The van der Waals surface area contributed by atoms with Crippen molar-refractivity contribution < 1.29 is 13.2 Å². The summed E-state index contributed by atoms with van der Waals surface area (Å²) in [6.07, 6.45) is 2.24. The van der Waals surface area contributed by atoms with Gasteiger partial charge in [0, 0.05) is 17.8 Å². The first-order valence-electron chi connectivity index (χ1n) is 8.05. The number of amides is 1. The van der Waals surface area contributed by atoms with Gasteiger partial charge in [0.25, 0.3) is 0 Å². The normalized spacial score (nSPS) is 12.6. The zero-order valence-electron chi connectivity index (χ0n) is 14.9. The number of thioether (sulfide) groups is 1. The number of halogens is 2. The molecular formula is C18H20Cl2N2O3S2. The smallest absolute Gasteiger partial charge is 0.244 e. The summed E-state index contributed by atoms with van der Waals surface area (Å²) in [6.45, 7) is 0. The molecule has 0 bridgehead atoms. The molecule has 0 saturated heterocycles. The summed E-state index contributed by atoms with van der Waals surface area (Å²) in [5, 5.41) is 0.285. The molecule has 1 atom stereocenters. The highest BCUT2D eigenvalue weighted by Crippen LogP contribution is 2.25. The lowest BCUT2D eigenvalue weighted by atomic mass is 10.2. The molecule has 146 valence electrons. The Balaban J connectivity index is 2.30. The number of hydrogen-bond donors (Lipinski definition) is 1. The van der Waals surface area contributed by atoms with E-state index < -0.39 is 16.1 Å². The van der Waals surface area contributed by atoms with Crippen LogP contribution >= 0.6 is 35.0 Å². The molecule has 0 aliphatic heterocycles. The maximum Gasteiger partial charge on any atom is 0.244 e. The molecule has 5 nitrogen and oxygen atoms in total. The van der Waals surface area contributed by atoms with E-state index in [0.29, 0.717) is 17.9 Å². The van der Waals surface area contributed by atoms with Crippen LogP contribution in [0.2, 0.25) is 10.0 Å². The summed E-state index contributed by atoms with van der Waals surface area (Å²) < 4.78 is 28.1. The highest BCUT2D eigenvalue weighted by atomic mass is 35.5. The van der Waals surface area contributed by atoms with Gasteiger partial charge >= 0.3 is 0 Å². The van der Waals surface area contributed by atoms with Gasteiger partial charge in [-0.3, -0.25) is 4.79 Å². The van der Waals surface area contributed by atoms with Crippen molar-refractivity contribution in [2.45, 2.75) is 17.4 Å². The predicted octanol–water partition coefficient (Wildman–Crippen LogP) is 4.06. The molecule has 9 heteroatoms. The Hall–Kier alpha value is -1.25. The van der Waals surface area contributed by atoms with Crippen LogP contribution in [0.4, 0.5) is 5.69 Å². The highest BCUT2D eigenvalue weighted by molar-refractivity contribution is 7.98. The summed E-state index contributed by atoms with van der Waals surface area (Å²) in [7, 11) is -2.41. The van der Waals surface area contributed by atoms with Crippen molar-refractivity contribution in [1.29, 1.82) is 0 Å². The SMILES string of the molecule is CSCC[C@H](NS(=O)(=O)c1cc(Cl)ccc1Cl)C(=O)N(C)c1ccccc1. The summed E-state index contributed by atoms with van der Waals surface area (Å²) >= 11 is 13.5. The Morgan fingerprint density at radius 1 is 1.19 bits per heavy atom. The number of rotatable bonds is 8. The average molecular weight is 447 g/mol. The third-order valence-electron chi connectivity index (χ3n) is 3.86. The molecule has 0 spiro atoms. The number of carbonyl (C=O) groups excluding carboxylic acids is 1. The van der Waals surface area contributed by atoms with Crippen LogP contribution in [0.15, 0.2) is 53.4 Å². The number of carbonyl (C=O) groups is 1. The number of benzene rings is 2. The third-order valence-corrected chi connectivity index (χ3v) is 6.70.